The Morgan fingerprint density at radius 1 is 1.26 bits per heavy atom. The van der Waals surface area contributed by atoms with E-state index >= 15 is 0 Å². The quantitative estimate of drug-likeness (QED) is 0.793. The van der Waals surface area contributed by atoms with Crippen molar-refractivity contribution < 1.29 is 9.47 Å². The molecule has 0 aliphatic carbocycles. The van der Waals surface area contributed by atoms with Gasteiger partial charge in [0.25, 0.3) is 0 Å². The summed E-state index contributed by atoms with van der Waals surface area (Å²) in [5.41, 5.74) is 0. The fourth-order valence-corrected chi connectivity index (χ4v) is 3.34. The minimum absolute atomic E-state index is 0.573. The Hall–Kier alpha value is -0.160. The van der Waals surface area contributed by atoms with Crippen molar-refractivity contribution in [2.24, 2.45) is 5.92 Å². The molecule has 0 aromatic rings. The fourth-order valence-electron chi connectivity index (χ4n) is 3.34. The van der Waals surface area contributed by atoms with Crippen LogP contribution in [0.15, 0.2) is 0 Å². The molecular weight excluding hydrogens is 240 g/mol. The Labute approximate surface area is 117 Å². The second-order valence-electron chi connectivity index (χ2n) is 5.93. The molecule has 4 heteroatoms. The number of methoxy groups -OCH3 is 1. The number of rotatable bonds is 6. The lowest BCUT2D eigenvalue weighted by Gasteiger charge is -2.43. The zero-order valence-corrected chi connectivity index (χ0v) is 12.6. The van der Waals surface area contributed by atoms with Gasteiger partial charge >= 0.3 is 0 Å². The standard InChI is InChI=1S/C15H30N2O2/c1-3-7-16-14-6-10-19-12-15(14)17-8-4-13(5-9-17)11-18-2/h13-16H,3-12H2,1-2H3. The lowest BCUT2D eigenvalue weighted by molar-refractivity contribution is -0.0194. The van der Waals surface area contributed by atoms with Crippen molar-refractivity contribution in [2.75, 3.05) is 46.6 Å². The van der Waals surface area contributed by atoms with E-state index in [4.69, 9.17) is 9.47 Å². The van der Waals surface area contributed by atoms with Crippen molar-refractivity contribution >= 4 is 0 Å². The van der Waals surface area contributed by atoms with Crippen LogP contribution in [0.25, 0.3) is 0 Å². The average molecular weight is 270 g/mol. The van der Waals surface area contributed by atoms with E-state index in [1.54, 1.807) is 0 Å². The molecule has 4 nitrogen and oxygen atoms in total. The van der Waals surface area contributed by atoms with Gasteiger partial charge in [0.1, 0.15) is 0 Å². The first-order valence-corrected chi connectivity index (χ1v) is 7.89. The first-order valence-electron chi connectivity index (χ1n) is 7.89. The number of hydrogen-bond acceptors (Lipinski definition) is 4. The predicted octanol–water partition coefficient (Wildman–Crippen LogP) is 1.50. The highest BCUT2D eigenvalue weighted by molar-refractivity contribution is 4.89. The third-order valence-electron chi connectivity index (χ3n) is 4.50. The number of piperidine rings is 1. The Bertz CT molecular complexity index is 242. The van der Waals surface area contributed by atoms with Gasteiger partial charge in [-0.15, -0.1) is 0 Å². The van der Waals surface area contributed by atoms with Crippen LogP contribution < -0.4 is 5.32 Å². The van der Waals surface area contributed by atoms with Crippen LogP contribution in [0.3, 0.4) is 0 Å². The molecule has 2 aliphatic heterocycles. The molecule has 2 heterocycles. The second kappa shape index (κ2) is 8.20. The summed E-state index contributed by atoms with van der Waals surface area (Å²) in [5.74, 6) is 0.757. The summed E-state index contributed by atoms with van der Waals surface area (Å²) in [6.45, 7) is 8.50. The third-order valence-corrected chi connectivity index (χ3v) is 4.50. The van der Waals surface area contributed by atoms with Crippen molar-refractivity contribution in [3.63, 3.8) is 0 Å². The molecule has 1 N–H and O–H groups in total. The molecule has 2 saturated heterocycles. The molecule has 2 fully saturated rings. The maximum absolute atomic E-state index is 5.71. The van der Waals surface area contributed by atoms with Crippen LogP contribution >= 0.6 is 0 Å². The zero-order valence-electron chi connectivity index (χ0n) is 12.6. The normalized spacial score (nSPS) is 30.6. The molecule has 2 aliphatic rings. The molecule has 2 unspecified atom stereocenters. The van der Waals surface area contributed by atoms with E-state index in [2.05, 4.69) is 17.1 Å². The Morgan fingerprint density at radius 3 is 2.74 bits per heavy atom. The number of nitrogens with one attached hydrogen (secondary N) is 1. The van der Waals surface area contributed by atoms with E-state index in [9.17, 15) is 0 Å². The Morgan fingerprint density at radius 2 is 2.05 bits per heavy atom. The summed E-state index contributed by atoms with van der Waals surface area (Å²) in [7, 11) is 1.81. The van der Waals surface area contributed by atoms with E-state index in [0.717, 1.165) is 38.7 Å². The second-order valence-corrected chi connectivity index (χ2v) is 5.93. The zero-order chi connectivity index (χ0) is 13.5. The first kappa shape index (κ1) is 15.2. The number of likely N-dealkylation sites (tertiary alicyclic amines) is 1. The molecule has 2 atom stereocenters. The van der Waals surface area contributed by atoms with Crippen LogP contribution in [-0.2, 0) is 9.47 Å². The van der Waals surface area contributed by atoms with Crippen LogP contribution in [-0.4, -0.2) is 63.5 Å². The molecule has 0 aromatic carbocycles. The maximum atomic E-state index is 5.71. The van der Waals surface area contributed by atoms with Crippen LogP contribution in [0.5, 0.6) is 0 Å². The lowest BCUT2D eigenvalue weighted by Crippen LogP contribution is -2.57. The van der Waals surface area contributed by atoms with Crippen molar-refractivity contribution in [1.82, 2.24) is 10.2 Å². The van der Waals surface area contributed by atoms with Crippen molar-refractivity contribution in [1.29, 1.82) is 0 Å². The predicted molar refractivity (Wildman–Crippen MR) is 77.5 cm³/mol. The topological polar surface area (TPSA) is 33.7 Å². The highest BCUT2D eigenvalue weighted by Crippen LogP contribution is 2.23. The summed E-state index contributed by atoms with van der Waals surface area (Å²) in [4.78, 5) is 2.64. The molecule has 0 aromatic heterocycles. The van der Waals surface area contributed by atoms with E-state index < -0.39 is 0 Å². The molecular formula is C15H30N2O2. The SMILES string of the molecule is CCCNC1CCOCC1N1CCC(COC)CC1. The number of hydrogen-bond donors (Lipinski definition) is 1. The minimum Gasteiger partial charge on any atom is -0.384 e. The fraction of sp³-hybridized carbons (Fsp3) is 1.00. The van der Waals surface area contributed by atoms with Crippen LogP contribution in [0.2, 0.25) is 0 Å². The summed E-state index contributed by atoms with van der Waals surface area (Å²) in [6, 6.07) is 1.19. The minimum atomic E-state index is 0.573. The van der Waals surface area contributed by atoms with E-state index in [0.29, 0.717) is 12.1 Å². The van der Waals surface area contributed by atoms with Crippen LogP contribution in [0.4, 0.5) is 0 Å². The van der Waals surface area contributed by atoms with Gasteiger partial charge in [-0.3, -0.25) is 4.90 Å². The Balaban J connectivity index is 1.81. The smallest absolute Gasteiger partial charge is 0.0637 e. The molecule has 0 amide bonds. The van der Waals surface area contributed by atoms with Gasteiger partial charge in [0.05, 0.1) is 6.61 Å². The lowest BCUT2D eigenvalue weighted by atomic mass is 9.93. The summed E-state index contributed by atoms with van der Waals surface area (Å²) >= 11 is 0. The molecule has 0 saturated carbocycles. The van der Waals surface area contributed by atoms with Crippen LogP contribution in [0.1, 0.15) is 32.6 Å². The Kier molecular flexibility index (Phi) is 6.57. The molecule has 0 bridgehead atoms. The van der Waals surface area contributed by atoms with Gasteiger partial charge in [-0.2, -0.15) is 0 Å². The summed E-state index contributed by atoms with van der Waals surface area (Å²) in [6.07, 6.45) is 4.90. The monoisotopic (exact) mass is 270 g/mol. The van der Waals surface area contributed by atoms with Gasteiger partial charge in [0, 0.05) is 32.4 Å². The third kappa shape index (κ3) is 4.42. The average Bonchev–Trinajstić information content (AvgIpc) is 2.47. The molecule has 0 radical (unpaired) electrons. The number of nitrogens with zero attached hydrogens (tertiary/aromatic N) is 1. The van der Waals surface area contributed by atoms with Gasteiger partial charge in [0.2, 0.25) is 0 Å². The van der Waals surface area contributed by atoms with Gasteiger partial charge in [-0.05, 0) is 51.2 Å². The van der Waals surface area contributed by atoms with E-state index in [-0.39, 0.29) is 0 Å². The summed E-state index contributed by atoms with van der Waals surface area (Å²) in [5, 5.41) is 3.71. The highest BCUT2D eigenvalue weighted by atomic mass is 16.5. The van der Waals surface area contributed by atoms with E-state index in [1.807, 2.05) is 7.11 Å². The van der Waals surface area contributed by atoms with Crippen LogP contribution in [0, 0.1) is 5.92 Å². The summed E-state index contributed by atoms with van der Waals surface area (Å²) < 4.78 is 11.0. The molecule has 112 valence electrons. The largest absolute Gasteiger partial charge is 0.384 e. The molecule has 19 heavy (non-hydrogen) atoms. The number of ether oxygens (including phenoxy) is 2. The molecule has 2 rings (SSSR count). The van der Waals surface area contributed by atoms with E-state index in [1.165, 1.54) is 32.4 Å². The van der Waals surface area contributed by atoms with Crippen molar-refractivity contribution in [3.05, 3.63) is 0 Å². The highest BCUT2D eigenvalue weighted by Gasteiger charge is 2.32. The van der Waals surface area contributed by atoms with Gasteiger partial charge in [-0.1, -0.05) is 6.92 Å². The van der Waals surface area contributed by atoms with Gasteiger partial charge in [-0.25, -0.2) is 0 Å². The first-order chi connectivity index (χ1) is 9.35. The van der Waals surface area contributed by atoms with Crippen molar-refractivity contribution in [2.45, 2.75) is 44.7 Å². The molecule has 0 spiro atoms. The maximum Gasteiger partial charge on any atom is 0.0637 e. The van der Waals surface area contributed by atoms with Gasteiger partial charge < -0.3 is 14.8 Å². The van der Waals surface area contributed by atoms with Gasteiger partial charge in [0.15, 0.2) is 0 Å². The van der Waals surface area contributed by atoms with Crippen molar-refractivity contribution in [3.8, 4) is 0 Å².